The molecule has 0 aliphatic carbocycles. The maximum absolute atomic E-state index is 12.5. The van der Waals surface area contributed by atoms with Crippen molar-refractivity contribution in [2.75, 3.05) is 26.2 Å². The zero-order valence-corrected chi connectivity index (χ0v) is 19.1. The van der Waals surface area contributed by atoms with E-state index in [9.17, 15) is 4.79 Å². The van der Waals surface area contributed by atoms with Crippen LogP contribution in [0.4, 0.5) is 0 Å². The highest BCUT2D eigenvalue weighted by atomic mass is 16.5. The van der Waals surface area contributed by atoms with Gasteiger partial charge in [-0.05, 0) is 49.8 Å². The Morgan fingerprint density at radius 3 is 2.44 bits per heavy atom. The molecule has 2 aromatic carbocycles. The summed E-state index contributed by atoms with van der Waals surface area (Å²) in [7, 11) is 0. The molecule has 1 unspecified atom stereocenters. The summed E-state index contributed by atoms with van der Waals surface area (Å²) in [6, 6.07) is 18.0. The summed E-state index contributed by atoms with van der Waals surface area (Å²) in [4.78, 5) is 19.3. The second kappa shape index (κ2) is 12.0. The van der Waals surface area contributed by atoms with Crippen molar-refractivity contribution < 1.29 is 14.1 Å². The number of amides is 1. The van der Waals surface area contributed by atoms with Gasteiger partial charge in [0, 0.05) is 24.9 Å². The molecule has 0 saturated carbocycles. The molecule has 0 bridgehead atoms. The standard InChI is InChI=1S/C25H32N4O3/c1-4-29(5-2)22(19-10-8-7-9-11-19)18-26-23(30)16-17-24-27-25(28-32-24)20-12-14-21(15-13-20)31-6-3/h7-15,22H,4-6,16-18H2,1-3H3,(H,26,30). The first-order chi connectivity index (χ1) is 15.6. The maximum atomic E-state index is 12.5. The second-order valence-corrected chi connectivity index (χ2v) is 7.42. The van der Waals surface area contributed by atoms with E-state index < -0.39 is 0 Å². The highest BCUT2D eigenvalue weighted by molar-refractivity contribution is 5.76. The molecule has 32 heavy (non-hydrogen) atoms. The second-order valence-electron chi connectivity index (χ2n) is 7.42. The maximum Gasteiger partial charge on any atom is 0.227 e. The molecule has 0 aliphatic rings. The Hall–Kier alpha value is -3.19. The number of aromatic nitrogens is 2. The first kappa shape index (κ1) is 23.5. The van der Waals surface area contributed by atoms with Gasteiger partial charge in [0.2, 0.25) is 17.6 Å². The Labute approximate surface area is 189 Å². The van der Waals surface area contributed by atoms with Crippen molar-refractivity contribution in [3.63, 3.8) is 0 Å². The molecular formula is C25H32N4O3. The average Bonchev–Trinajstić information content (AvgIpc) is 3.31. The normalized spacial score (nSPS) is 12.0. The Morgan fingerprint density at radius 2 is 1.78 bits per heavy atom. The molecule has 1 aromatic heterocycles. The highest BCUT2D eigenvalue weighted by Gasteiger charge is 2.19. The van der Waals surface area contributed by atoms with E-state index >= 15 is 0 Å². The van der Waals surface area contributed by atoms with E-state index in [0.717, 1.165) is 24.4 Å². The summed E-state index contributed by atoms with van der Waals surface area (Å²) in [6.07, 6.45) is 0.696. The van der Waals surface area contributed by atoms with Crippen LogP contribution < -0.4 is 10.1 Å². The van der Waals surface area contributed by atoms with Gasteiger partial charge < -0.3 is 14.6 Å². The SMILES string of the molecule is CCOc1ccc(-c2noc(CCC(=O)NCC(c3ccccc3)N(CC)CC)n2)cc1. The van der Waals surface area contributed by atoms with Crippen LogP contribution in [0.1, 0.15) is 44.7 Å². The number of likely N-dealkylation sites (N-methyl/N-ethyl adjacent to an activating group) is 1. The van der Waals surface area contributed by atoms with Gasteiger partial charge in [0.25, 0.3) is 0 Å². The molecule has 7 heteroatoms. The van der Waals surface area contributed by atoms with Gasteiger partial charge >= 0.3 is 0 Å². The summed E-state index contributed by atoms with van der Waals surface area (Å²) in [5, 5.41) is 7.11. The van der Waals surface area contributed by atoms with Gasteiger partial charge in [-0.15, -0.1) is 0 Å². The molecule has 0 radical (unpaired) electrons. The lowest BCUT2D eigenvalue weighted by molar-refractivity contribution is -0.121. The summed E-state index contributed by atoms with van der Waals surface area (Å²) in [6.45, 7) is 9.24. The molecule has 3 rings (SSSR count). The minimum absolute atomic E-state index is 0.0288. The van der Waals surface area contributed by atoms with Crippen molar-refractivity contribution in [3.8, 4) is 17.1 Å². The number of carbonyl (C=O) groups is 1. The van der Waals surface area contributed by atoms with Crippen LogP contribution in [0.25, 0.3) is 11.4 Å². The minimum atomic E-state index is -0.0288. The molecule has 1 heterocycles. The van der Waals surface area contributed by atoms with Crippen LogP contribution in [-0.4, -0.2) is 47.2 Å². The lowest BCUT2D eigenvalue weighted by Crippen LogP contribution is -2.38. The summed E-state index contributed by atoms with van der Waals surface area (Å²) >= 11 is 0. The fourth-order valence-corrected chi connectivity index (χ4v) is 3.66. The number of hydrogen-bond donors (Lipinski definition) is 1. The van der Waals surface area contributed by atoms with Crippen LogP contribution in [0, 0.1) is 0 Å². The lowest BCUT2D eigenvalue weighted by atomic mass is 10.0. The van der Waals surface area contributed by atoms with E-state index in [1.807, 2.05) is 49.4 Å². The van der Waals surface area contributed by atoms with E-state index in [0.29, 0.717) is 37.7 Å². The summed E-state index contributed by atoms with van der Waals surface area (Å²) < 4.78 is 10.8. The molecule has 1 atom stereocenters. The highest BCUT2D eigenvalue weighted by Crippen LogP contribution is 2.21. The van der Waals surface area contributed by atoms with E-state index in [1.165, 1.54) is 5.56 Å². The number of rotatable bonds is 12. The van der Waals surface area contributed by atoms with Gasteiger partial charge in [0.1, 0.15) is 5.75 Å². The van der Waals surface area contributed by atoms with Crippen molar-refractivity contribution in [1.82, 2.24) is 20.4 Å². The van der Waals surface area contributed by atoms with Crippen molar-refractivity contribution in [3.05, 3.63) is 66.1 Å². The van der Waals surface area contributed by atoms with E-state index in [-0.39, 0.29) is 11.9 Å². The first-order valence-corrected chi connectivity index (χ1v) is 11.3. The molecule has 3 aromatic rings. The van der Waals surface area contributed by atoms with E-state index in [1.54, 1.807) is 0 Å². The molecule has 7 nitrogen and oxygen atoms in total. The average molecular weight is 437 g/mol. The quantitative estimate of drug-likeness (QED) is 0.457. The molecule has 0 spiro atoms. The van der Waals surface area contributed by atoms with Crippen molar-refractivity contribution >= 4 is 5.91 Å². The van der Waals surface area contributed by atoms with Gasteiger partial charge in [-0.25, -0.2) is 0 Å². The molecule has 0 aliphatic heterocycles. The van der Waals surface area contributed by atoms with Gasteiger partial charge in [0.05, 0.1) is 12.6 Å². The van der Waals surface area contributed by atoms with Crippen LogP contribution in [0.3, 0.4) is 0 Å². The molecule has 1 amide bonds. The smallest absolute Gasteiger partial charge is 0.227 e. The predicted octanol–water partition coefficient (Wildman–Crippen LogP) is 4.27. The van der Waals surface area contributed by atoms with Crippen molar-refractivity contribution in [2.45, 2.75) is 39.7 Å². The number of nitrogens with zero attached hydrogens (tertiary/aromatic N) is 3. The van der Waals surface area contributed by atoms with Crippen molar-refractivity contribution in [2.24, 2.45) is 0 Å². The minimum Gasteiger partial charge on any atom is -0.494 e. The molecule has 0 saturated heterocycles. The Bertz CT molecular complexity index is 953. The zero-order valence-electron chi connectivity index (χ0n) is 19.1. The largest absolute Gasteiger partial charge is 0.494 e. The predicted molar refractivity (Wildman–Crippen MR) is 124 cm³/mol. The summed E-state index contributed by atoms with van der Waals surface area (Å²) in [5.41, 5.74) is 2.05. The van der Waals surface area contributed by atoms with Crippen LogP contribution >= 0.6 is 0 Å². The van der Waals surface area contributed by atoms with Crippen LogP contribution in [0.5, 0.6) is 5.75 Å². The zero-order chi connectivity index (χ0) is 22.8. The number of hydrogen-bond acceptors (Lipinski definition) is 6. The molecule has 170 valence electrons. The monoisotopic (exact) mass is 436 g/mol. The van der Waals surface area contributed by atoms with E-state index in [4.69, 9.17) is 9.26 Å². The third kappa shape index (κ3) is 6.40. The fraction of sp³-hybridized carbons (Fsp3) is 0.400. The third-order valence-electron chi connectivity index (χ3n) is 5.39. The fourth-order valence-electron chi connectivity index (χ4n) is 3.66. The summed E-state index contributed by atoms with van der Waals surface area (Å²) in [5.74, 6) is 1.73. The number of carbonyl (C=O) groups excluding carboxylic acids is 1. The van der Waals surface area contributed by atoms with Gasteiger partial charge in [0.15, 0.2) is 0 Å². The molecule has 0 fully saturated rings. The first-order valence-electron chi connectivity index (χ1n) is 11.3. The van der Waals surface area contributed by atoms with Crippen LogP contribution in [0.15, 0.2) is 59.1 Å². The van der Waals surface area contributed by atoms with Gasteiger partial charge in [-0.1, -0.05) is 49.3 Å². The number of nitrogens with one attached hydrogen (secondary N) is 1. The lowest BCUT2D eigenvalue weighted by Gasteiger charge is -2.30. The Balaban J connectivity index is 1.53. The molecule has 1 N–H and O–H groups in total. The Kier molecular flexibility index (Phi) is 8.80. The topological polar surface area (TPSA) is 80.5 Å². The van der Waals surface area contributed by atoms with Crippen LogP contribution in [-0.2, 0) is 11.2 Å². The van der Waals surface area contributed by atoms with Crippen LogP contribution in [0.2, 0.25) is 0 Å². The number of aryl methyl sites for hydroxylation is 1. The third-order valence-corrected chi connectivity index (χ3v) is 5.39. The molecular weight excluding hydrogens is 404 g/mol. The van der Waals surface area contributed by atoms with E-state index in [2.05, 4.69) is 46.3 Å². The van der Waals surface area contributed by atoms with Crippen molar-refractivity contribution in [1.29, 1.82) is 0 Å². The van der Waals surface area contributed by atoms with Gasteiger partial charge in [-0.2, -0.15) is 4.98 Å². The number of benzene rings is 2. The Morgan fingerprint density at radius 1 is 1.06 bits per heavy atom. The van der Waals surface area contributed by atoms with Gasteiger partial charge in [-0.3, -0.25) is 9.69 Å². The number of ether oxygens (including phenoxy) is 1.